The molecule has 18 aliphatic rings. The number of likely N-dealkylation sites (tertiary alicyclic amines) is 4. The van der Waals surface area contributed by atoms with Gasteiger partial charge in [-0.1, -0.05) is 85.0 Å². The number of hydrogen-bond donors (Lipinski definition) is 0. The second-order valence-electron chi connectivity index (χ2n) is 46.6. The van der Waals surface area contributed by atoms with E-state index in [-0.39, 0.29) is 0 Å². The number of nitrogens with zero attached hydrogens (tertiary/aromatic N) is 7. The van der Waals surface area contributed by atoms with E-state index in [9.17, 15) is 0 Å². The maximum atomic E-state index is 2.77. The van der Waals surface area contributed by atoms with Crippen LogP contribution in [0.15, 0.2) is 0 Å². The number of rotatable bonds is 0. The molecule has 10 heterocycles. The zero-order valence-electron chi connectivity index (χ0n) is 73.5. The summed E-state index contributed by atoms with van der Waals surface area (Å²) < 4.78 is 0. The first kappa shape index (κ1) is 85.7. The first-order valence-corrected chi connectivity index (χ1v) is 45.9. The molecule has 0 amide bonds. The SMILES string of the molecule is CC(C)(C)C1C2CCCC1CC2.CC(C)(C)N1C2CCCC1CC2.CC(C)(C)N1CC2CCC1C2.CC(C)(C)N1CC2CCC1CC2.CC(C)(C)N1CC2CCCC(CC2)C1.CC(C)(C)N1CCC2CCC1CC2.CC(C)(C)N1CCC2CCCC1C2.CC(C)(C)N1CCC2CCCCC(C2)C1. The topological polar surface area (TPSA) is 22.7 Å². The van der Waals surface area contributed by atoms with Gasteiger partial charge in [0.1, 0.15) is 0 Å². The minimum absolute atomic E-state index is 0.381. The van der Waals surface area contributed by atoms with Crippen LogP contribution in [0, 0.1) is 70.5 Å². The van der Waals surface area contributed by atoms with Gasteiger partial charge in [-0.25, -0.2) is 0 Å². The van der Waals surface area contributed by atoms with Crippen molar-refractivity contribution < 1.29 is 0 Å². The van der Waals surface area contributed by atoms with Crippen LogP contribution in [-0.4, -0.2) is 162 Å². The Hall–Kier alpha value is -0.280. The van der Waals surface area contributed by atoms with Crippen molar-refractivity contribution >= 4 is 0 Å². The van der Waals surface area contributed by atoms with E-state index in [1.54, 1.807) is 0 Å². The highest BCUT2D eigenvalue weighted by molar-refractivity contribution is 5.01. The molecule has 16 bridgehead atoms. The largest absolute Gasteiger partial charge is 0.298 e. The van der Waals surface area contributed by atoms with E-state index in [0.717, 1.165) is 101 Å². The zero-order chi connectivity index (χ0) is 74.4. The summed E-state index contributed by atoms with van der Waals surface area (Å²) in [5.74, 6) is 11.5. The third-order valence-corrected chi connectivity index (χ3v) is 30.6. The Morgan fingerprint density at radius 3 is 0.961 bits per heavy atom. The Morgan fingerprint density at radius 1 is 0.196 bits per heavy atom. The van der Waals surface area contributed by atoms with Gasteiger partial charge in [0.25, 0.3) is 0 Å². The smallest absolute Gasteiger partial charge is 0.0130 e. The van der Waals surface area contributed by atoms with Gasteiger partial charge >= 0.3 is 0 Å². The van der Waals surface area contributed by atoms with Crippen LogP contribution in [0.1, 0.15) is 410 Å². The van der Waals surface area contributed by atoms with Crippen LogP contribution in [0.25, 0.3) is 0 Å². The number of hydrogen-bond acceptors (Lipinski definition) is 7. The molecule has 102 heavy (non-hydrogen) atoms. The van der Waals surface area contributed by atoms with E-state index < -0.39 is 0 Å². The van der Waals surface area contributed by atoms with Crippen LogP contribution >= 0.6 is 0 Å². The third-order valence-electron chi connectivity index (χ3n) is 30.6. The minimum atomic E-state index is 0.381. The molecule has 0 spiro atoms. The molecule has 18 rings (SSSR count). The minimum Gasteiger partial charge on any atom is -0.298 e. The molecule has 0 radical (unpaired) electrons. The maximum Gasteiger partial charge on any atom is 0.0130 e. The molecular weight excluding hydrogens is 1240 g/mol. The van der Waals surface area contributed by atoms with Crippen molar-refractivity contribution in [3.63, 3.8) is 0 Å². The van der Waals surface area contributed by atoms with Crippen molar-refractivity contribution in [2.24, 2.45) is 70.5 Å². The standard InChI is InChI=1S/C14H27N.C13H25N.2C12H23N.C12H22.2C11H21N.C10H19N/c1-14(2,3)15-9-8-12-6-4-5-7-13(10-12)11-15;1-13(2,3)14-9-11-5-4-6-12(10-14)8-7-11;1-12(2,3)13-9-8-10-4-6-11(13)7-5-10;1-12(2,3)13-8-7-10-5-4-6-11(13)9-10;1-12(2,3)11-9-5-4-6-10(11)8-7-9;1-11(2,3)12-8-9-4-6-10(12)7-5-9;1-11(2,3)12-9-5-4-6-10(12)8-7-9;1-10(2,3)11-7-8-4-5-9(11)6-8/h12-13H,4-11H2,1-3H3;11-12H,4-10H2,1-3H3;2*10-11H,4-9H2,1-3H3;9-11H,4-8H2,1-3H3;2*9-10H,4-8H2,1-3H3;8-9H,4-7H2,1-3H3. The number of piperidine rings is 5. The highest BCUT2D eigenvalue weighted by Crippen LogP contribution is 2.54. The van der Waals surface area contributed by atoms with Crippen molar-refractivity contribution in [1.29, 1.82) is 0 Å². The van der Waals surface area contributed by atoms with Gasteiger partial charge in [0.15, 0.2) is 0 Å². The maximum absolute atomic E-state index is 2.77. The van der Waals surface area contributed by atoms with E-state index in [1.165, 1.54) is 296 Å². The lowest BCUT2D eigenvalue weighted by Crippen LogP contribution is -2.56. The van der Waals surface area contributed by atoms with Crippen LogP contribution in [0.4, 0.5) is 0 Å². The van der Waals surface area contributed by atoms with E-state index >= 15 is 0 Å². The van der Waals surface area contributed by atoms with Crippen LogP contribution in [0.5, 0.6) is 0 Å². The lowest BCUT2D eigenvalue weighted by molar-refractivity contribution is -0.0163. The molecule has 18 fully saturated rings. The van der Waals surface area contributed by atoms with Gasteiger partial charge in [0.05, 0.1) is 0 Å². The molecule has 12 atom stereocenters. The monoisotopic (exact) mass is 1420 g/mol. The molecule has 0 aromatic carbocycles. The first-order chi connectivity index (χ1) is 47.6. The summed E-state index contributed by atoms with van der Waals surface area (Å²) in [6.07, 6.45) is 56.4. The van der Waals surface area contributed by atoms with E-state index in [2.05, 4.69) is 200 Å². The lowest BCUT2D eigenvalue weighted by atomic mass is 9.66. The fraction of sp³-hybridized carbons (Fsp3) is 1.00. The summed E-state index contributed by atoms with van der Waals surface area (Å²) in [6, 6.07) is 5.49. The van der Waals surface area contributed by atoms with Gasteiger partial charge in [-0.05, 0) is 415 Å². The molecule has 10 aliphatic heterocycles. The second-order valence-corrected chi connectivity index (χ2v) is 46.6. The predicted molar refractivity (Wildman–Crippen MR) is 446 cm³/mol. The lowest BCUT2D eigenvalue weighted by Gasteiger charge is -2.51. The van der Waals surface area contributed by atoms with Crippen molar-refractivity contribution in [2.75, 3.05) is 52.4 Å². The third kappa shape index (κ3) is 24.9. The summed E-state index contributed by atoms with van der Waals surface area (Å²) in [5.41, 5.74) is 3.36. The van der Waals surface area contributed by atoms with Gasteiger partial charge in [-0.15, -0.1) is 0 Å². The van der Waals surface area contributed by atoms with Crippen LogP contribution in [-0.2, 0) is 0 Å². The van der Waals surface area contributed by atoms with Gasteiger partial charge in [0.2, 0.25) is 0 Å². The molecule has 10 saturated heterocycles. The Labute approximate surface area is 638 Å². The average Bonchev–Trinajstić information content (AvgIpc) is 1.52. The molecule has 0 aromatic rings. The van der Waals surface area contributed by atoms with Gasteiger partial charge in [-0.2, -0.15) is 0 Å². The quantitative estimate of drug-likeness (QED) is 0.238. The summed E-state index contributed by atoms with van der Waals surface area (Å²) in [7, 11) is 0. The Kier molecular flexibility index (Phi) is 30.6. The average molecular weight is 1420 g/mol. The molecule has 7 heteroatoms. The van der Waals surface area contributed by atoms with Gasteiger partial charge in [-0.3, -0.25) is 34.3 Å². The van der Waals surface area contributed by atoms with E-state index in [4.69, 9.17) is 0 Å². The number of fused-ring (bicyclic) bond motifs is 20. The van der Waals surface area contributed by atoms with Crippen molar-refractivity contribution in [2.45, 2.75) is 485 Å². The Balaban J connectivity index is 0.000000136. The molecule has 0 aromatic heterocycles. The molecule has 596 valence electrons. The summed E-state index contributed by atoms with van der Waals surface area (Å²) in [5, 5.41) is 0. The van der Waals surface area contributed by atoms with Crippen molar-refractivity contribution in [1.82, 2.24) is 34.3 Å². The van der Waals surface area contributed by atoms with Crippen LogP contribution < -0.4 is 0 Å². The summed E-state index contributed by atoms with van der Waals surface area (Å²) in [6.45, 7) is 67.8. The van der Waals surface area contributed by atoms with Gasteiger partial charge < -0.3 is 0 Å². The molecule has 7 nitrogen and oxygen atoms in total. The first-order valence-electron chi connectivity index (χ1n) is 45.9. The zero-order valence-corrected chi connectivity index (χ0v) is 73.5. The van der Waals surface area contributed by atoms with Gasteiger partial charge in [0, 0.05) is 108 Å². The summed E-state index contributed by atoms with van der Waals surface area (Å²) in [4.78, 5) is 19.1. The van der Waals surface area contributed by atoms with E-state index in [1.807, 2.05) is 0 Å². The Morgan fingerprint density at radius 2 is 0.520 bits per heavy atom. The molecule has 8 saturated carbocycles. The fourth-order valence-electron chi connectivity index (χ4n) is 25.5. The van der Waals surface area contributed by atoms with E-state index in [0.29, 0.717) is 44.2 Å². The Bertz CT molecular complexity index is 2300. The van der Waals surface area contributed by atoms with Crippen LogP contribution in [0.2, 0.25) is 0 Å². The predicted octanol–water partition coefficient (Wildman–Crippen LogP) is 24.7. The van der Waals surface area contributed by atoms with Crippen molar-refractivity contribution in [3.8, 4) is 0 Å². The highest BCUT2D eigenvalue weighted by Gasteiger charge is 2.47. The molecule has 8 aliphatic carbocycles. The fourth-order valence-corrected chi connectivity index (χ4v) is 25.5. The second kappa shape index (κ2) is 36.5. The molecule has 0 N–H and O–H groups in total. The van der Waals surface area contributed by atoms with Crippen molar-refractivity contribution in [3.05, 3.63) is 0 Å². The molecule has 12 unspecified atom stereocenters. The highest BCUT2D eigenvalue weighted by atomic mass is 15.3. The summed E-state index contributed by atoms with van der Waals surface area (Å²) >= 11 is 0. The van der Waals surface area contributed by atoms with Crippen LogP contribution in [0.3, 0.4) is 0 Å². The normalized spacial score (nSPS) is 37.0. The molecular formula is C95H181N7.